The van der Waals surface area contributed by atoms with Gasteiger partial charge in [0, 0.05) is 18.5 Å². The number of H-pyrrole nitrogens is 1. The Morgan fingerprint density at radius 2 is 2.17 bits per heavy atom. The van der Waals surface area contributed by atoms with E-state index < -0.39 is 11.8 Å². The predicted octanol–water partition coefficient (Wildman–Crippen LogP) is 1.70. The zero-order chi connectivity index (χ0) is 16.4. The van der Waals surface area contributed by atoms with Crippen LogP contribution in [-0.2, 0) is 4.79 Å². The van der Waals surface area contributed by atoms with Crippen LogP contribution < -0.4 is 11.1 Å². The Kier molecular flexibility index (Phi) is 4.10. The Morgan fingerprint density at radius 3 is 2.87 bits per heavy atom. The summed E-state index contributed by atoms with van der Waals surface area (Å²) in [6.45, 7) is 0.130. The van der Waals surface area contributed by atoms with Gasteiger partial charge < -0.3 is 11.1 Å². The maximum absolute atomic E-state index is 14.4. The van der Waals surface area contributed by atoms with Crippen molar-refractivity contribution in [3.63, 3.8) is 0 Å². The van der Waals surface area contributed by atoms with Gasteiger partial charge in [-0.25, -0.2) is 4.39 Å². The Bertz CT molecular complexity index is 752. The van der Waals surface area contributed by atoms with E-state index in [4.69, 9.17) is 5.73 Å². The molecule has 6 nitrogen and oxygen atoms in total. The standard InChI is InChI=1S/C16H17FN4O2/c17-12-3-1-2-10(9-4-5-9)14(12)15-11(8-20-21-15)16(23)19-7-6-13(18)22/h1-3,8-9H,4-7H2,(H2,18,22)(H,19,23)(H,20,21). The highest BCUT2D eigenvalue weighted by atomic mass is 19.1. The zero-order valence-corrected chi connectivity index (χ0v) is 12.4. The van der Waals surface area contributed by atoms with Gasteiger partial charge in [0.05, 0.1) is 17.5 Å². The Morgan fingerprint density at radius 1 is 1.39 bits per heavy atom. The minimum Gasteiger partial charge on any atom is -0.370 e. The van der Waals surface area contributed by atoms with Gasteiger partial charge in [-0.15, -0.1) is 0 Å². The summed E-state index contributed by atoms with van der Waals surface area (Å²) in [5.74, 6) is -0.970. The molecule has 2 aromatic rings. The molecular weight excluding hydrogens is 299 g/mol. The number of hydrogen-bond acceptors (Lipinski definition) is 3. The Labute approximate surface area is 132 Å². The fraction of sp³-hybridized carbons (Fsp3) is 0.312. The van der Waals surface area contributed by atoms with E-state index >= 15 is 0 Å². The van der Waals surface area contributed by atoms with Crippen LogP contribution in [0.25, 0.3) is 11.3 Å². The third-order valence-corrected chi connectivity index (χ3v) is 3.85. The maximum Gasteiger partial charge on any atom is 0.255 e. The highest BCUT2D eigenvalue weighted by Crippen LogP contribution is 2.45. The van der Waals surface area contributed by atoms with E-state index in [0.29, 0.717) is 17.2 Å². The predicted molar refractivity (Wildman–Crippen MR) is 82.1 cm³/mol. The van der Waals surface area contributed by atoms with Gasteiger partial charge in [0.15, 0.2) is 0 Å². The minimum absolute atomic E-state index is 0.0476. The molecule has 120 valence electrons. The van der Waals surface area contributed by atoms with Gasteiger partial charge in [0.2, 0.25) is 5.91 Å². The fourth-order valence-electron chi connectivity index (χ4n) is 2.58. The molecule has 0 spiro atoms. The van der Waals surface area contributed by atoms with E-state index in [1.54, 1.807) is 6.07 Å². The van der Waals surface area contributed by atoms with Gasteiger partial charge in [-0.1, -0.05) is 12.1 Å². The van der Waals surface area contributed by atoms with Gasteiger partial charge in [-0.05, 0) is 30.4 Å². The van der Waals surface area contributed by atoms with Crippen LogP contribution in [0.1, 0.15) is 41.1 Å². The van der Waals surface area contributed by atoms with Crippen LogP contribution in [0.5, 0.6) is 0 Å². The third-order valence-electron chi connectivity index (χ3n) is 3.85. The SMILES string of the molecule is NC(=O)CCNC(=O)c1cn[nH]c1-c1c(F)cccc1C1CC1. The molecule has 7 heteroatoms. The van der Waals surface area contributed by atoms with Gasteiger partial charge in [0.1, 0.15) is 5.82 Å². The second-order valence-corrected chi connectivity index (χ2v) is 5.61. The molecule has 23 heavy (non-hydrogen) atoms. The molecule has 0 aliphatic heterocycles. The van der Waals surface area contributed by atoms with Crippen molar-refractivity contribution in [2.24, 2.45) is 5.73 Å². The largest absolute Gasteiger partial charge is 0.370 e. The van der Waals surface area contributed by atoms with Gasteiger partial charge >= 0.3 is 0 Å². The molecule has 1 heterocycles. The van der Waals surface area contributed by atoms with E-state index in [9.17, 15) is 14.0 Å². The van der Waals surface area contributed by atoms with E-state index in [-0.39, 0.29) is 24.3 Å². The molecule has 1 aliphatic rings. The highest BCUT2D eigenvalue weighted by Gasteiger charge is 2.30. The first-order chi connectivity index (χ1) is 11.1. The van der Waals surface area contributed by atoms with Crippen molar-refractivity contribution < 1.29 is 14.0 Å². The summed E-state index contributed by atoms with van der Waals surface area (Å²) in [5.41, 5.74) is 6.94. The van der Waals surface area contributed by atoms with Crippen LogP contribution in [0.2, 0.25) is 0 Å². The molecule has 0 radical (unpaired) electrons. The molecule has 0 saturated heterocycles. The number of nitrogens with two attached hydrogens (primary N) is 1. The van der Waals surface area contributed by atoms with Crippen molar-refractivity contribution in [2.45, 2.75) is 25.2 Å². The molecule has 0 atom stereocenters. The molecule has 1 aliphatic carbocycles. The average Bonchev–Trinajstić information content (AvgIpc) is 3.24. The Hall–Kier alpha value is -2.70. The van der Waals surface area contributed by atoms with Crippen molar-refractivity contribution in [2.75, 3.05) is 6.54 Å². The summed E-state index contributed by atoms with van der Waals surface area (Å²) in [6, 6.07) is 4.93. The maximum atomic E-state index is 14.4. The number of nitrogens with one attached hydrogen (secondary N) is 2. The van der Waals surface area contributed by atoms with Crippen LogP contribution in [0.15, 0.2) is 24.4 Å². The minimum atomic E-state index is -0.497. The molecule has 0 bridgehead atoms. The lowest BCUT2D eigenvalue weighted by Gasteiger charge is -2.10. The van der Waals surface area contributed by atoms with Crippen LogP contribution in [0.4, 0.5) is 4.39 Å². The van der Waals surface area contributed by atoms with Crippen molar-refractivity contribution in [3.8, 4) is 11.3 Å². The van der Waals surface area contributed by atoms with Gasteiger partial charge in [-0.3, -0.25) is 14.7 Å². The van der Waals surface area contributed by atoms with Crippen LogP contribution in [0, 0.1) is 5.82 Å². The molecule has 1 fully saturated rings. The second kappa shape index (κ2) is 6.20. The summed E-state index contributed by atoms with van der Waals surface area (Å²) >= 11 is 0. The summed E-state index contributed by atoms with van der Waals surface area (Å²) in [5, 5.41) is 9.19. The molecule has 1 saturated carbocycles. The lowest BCUT2D eigenvalue weighted by molar-refractivity contribution is -0.117. The second-order valence-electron chi connectivity index (χ2n) is 5.61. The number of nitrogens with zero attached hydrogens (tertiary/aromatic N) is 1. The van der Waals surface area contributed by atoms with Gasteiger partial charge in [0.25, 0.3) is 5.91 Å². The summed E-state index contributed by atoms with van der Waals surface area (Å²) in [4.78, 5) is 23.0. The number of hydrogen-bond donors (Lipinski definition) is 3. The molecule has 2 amide bonds. The zero-order valence-electron chi connectivity index (χ0n) is 12.4. The normalized spacial score (nSPS) is 13.8. The molecular formula is C16H17FN4O2. The molecule has 1 aromatic heterocycles. The highest BCUT2D eigenvalue weighted by molar-refractivity contribution is 6.00. The fourth-order valence-corrected chi connectivity index (χ4v) is 2.58. The summed E-state index contributed by atoms with van der Waals surface area (Å²) < 4.78 is 14.4. The summed E-state index contributed by atoms with van der Waals surface area (Å²) in [7, 11) is 0. The number of amides is 2. The Balaban J connectivity index is 1.89. The number of primary amides is 1. The quantitative estimate of drug-likeness (QED) is 0.756. The van der Waals surface area contributed by atoms with Crippen molar-refractivity contribution in [1.29, 1.82) is 0 Å². The monoisotopic (exact) mass is 316 g/mol. The lowest BCUT2D eigenvalue weighted by Crippen LogP contribution is -2.28. The summed E-state index contributed by atoms with van der Waals surface area (Å²) in [6.07, 6.45) is 3.44. The molecule has 1 aromatic carbocycles. The van der Waals surface area contributed by atoms with Crippen molar-refractivity contribution >= 4 is 11.8 Å². The van der Waals surface area contributed by atoms with E-state index in [1.807, 2.05) is 6.07 Å². The average molecular weight is 316 g/mol. The number of carbonyl (C=O) groups excluding carboxylic acids is 2. The first-order valence-corrected chi connectivity index (χ1v) is 7.46. The topological polar surface area (TPSA) is 101 Å². The first kappa shape index (κ1) is 15.2. The van der Waals surface area contributed by atoms with E-state index in [2.05, 4.69) is 15.5 Å². The van der Waals surface area contributed by atoms with E-state index in [1.165, 1.54) is 12.3 Å². The van der Waals surface area contributed by atoms with E-state index in [0.717, 1.165) is 18.4 Å². The number of aromatic nitrogens is 2. The van der Waals surface area contributed by atoms with Crippen LogP contribution in [0.3, 0.4) is 0 Å². The lowest BCUT2D eigenvalue weighted by atomic mass is 9.97. The first-order valence-electron chi connectivity index (χ1n) is 7.46. The van der Waals surface area contributed by atoms with Crippen LogP contribution in [-0.4, -0.2) is 28.6 Å². The molecule has 3 rings (SSSR count). The smallest absolute Gasteiger partial charge is 0.255 e. The third kappa shape index (κ3) is 3.23. The number of rotatable bonds is 6. The number of benzene rings is 1. The van der Waals surface area contributed by atoms with Crippen LogP contribution >= 0.6 is 0 Å². The number of carbonyl (C=O) groups is 2. The van der Waals surface area contributed by atoms with Gasteiger partial charge in [-0.2, -0.15) is 5.10 Å². The molecule has 4 N–H and O–H groups in total. The molecule has 0 unspecified atom stereocenters. The van der Waals surface area contributed by atoms with Crippen molar-refractivity contribution in [1.82, 2.24) is 15.5 Å². The van der Waals surface area contributed by atoms with Crippen molar-refractivity contribution in [3.05, 3.63) is 41.3 Å². The number of halogens is 1. The number of aromatic amines is 1.